The summed E-state index contributed by atoms with van der Waals surface area (Å²) in [5.41, 5.74) is 0. The average molecular weight is 426 g/mol. The van der Waals surface area contributed by atoms with Gasteiger partial charge in [0, 0.05) is 13.5 Å². The lowest BCUT2D eigenvalue weighted by Crippen LogP contribution is -2.29. The first kappa shape index (κ1) is 21.6. The predicted octanol–water partition coefficient (Wildman–Crippen LogP) is 1.30. The van der Waals surface area contributed by atoms with Gasteiger partial charge in [-0.1, -0.05) is 6.42 Å². The summed E-state index contributed by atoms with van der Waals surface area (Å²) in [7, 11) is -14.6. The van der Waals surface area contributed by atoms with E-state index in [0.717, 1.165) is 19.3 Å². The van der Waals surface area contributed by atoms with E-state index in [1.165, 1.54) is 7.11 Å². The highest BCUT2D eigenvalue weighted by Gasteiger charge is 2.44. The van der Waals surface area contributed by atoms with Crippen LogP contribution in [0, 0.1) is 5.92 Å². The van der Waals surface area contributed by atoms with Crippen LogP contribution in [0.1, 0.15) is 25.7 Å². The Bertz CT molecular complexity index is 600. The number of phosphoric ester groups is 1. The van der Waals surface area contributed by atoms with Crippen LogP contribution in [0.3, 0.4) is 0 Å². The van der Waals surface area contributed by atoms with Gasteiger partial charge in [0.05, 0.1) is 18.8 Å². The van der Waals surface area contributed by atoms with Crippen LogP contribution in [0.25, 0.3) is 0 Å². The summed E-state index contributed by atoms with van der Waals surface area (Å²) in [4.78, 5) is 35.4. The van der Waals surface area contributed by atoms with Crippen molar-refractivity contribution >= 4 is 23.5 Å². The van der Waals surface area contributed by atoms with Crippen LogP contribution in [-0.2, 0) is 36.3 Å². The van der Waals surface area contributed by atoms with Gasteiger partial charge in [-0.3, -0.25) is 4.52 Å². The maximum Gasteiger partial charge on any atom is 0.490 e. The molecule has 3 unspecified atom stereocenters. The minimum atomic E-state index is -5.52. The first-order valence-corrected chi connectivity index (χ1v) is 11.9. The molecule has 0 aromatic carbocycles. The fourth-order valence-electron chi connectivity index (χ4n) is 2.73. The third-order valence-corrected chi connectivity index (χ3v) is 7.83. The third kappa shape index (κ3) is 6.77. The Morgan fingerprint density at radius 2 is 1.68 bits per heavy atom. The van der Waals surface area contributed by atoms with Gasteiger partial charge in [-0.15, -0.1) is 0 Å². The zero-order valence-electron chi connectivity index (χ0n) is 13.2. The van der Waals surface area contributed by atoms with Crippen molar-refractivity contribution in [2.24, 2.45) is 5.92 Å². The molecule has 1 aliphatic carbocycles. The lowest BCUT2D eigenvalue weighted by Gasteiger charge is -2.30. The second-order valence-electron chi connectivity index (χ2n) is 5.80. The predicted molar refractivity (Wildman–Crippen MR) is 81.2 cm³/mol. The number of phosphoric acid groups is 3. The summed E-state index contributed by atoms with van der Waals surface area (Å²) in [5.74, 6) is 0.397. The molecule has 0 aromatic heterocycles. The van der Waals surface area contributed by atoms with Gasteiger partial charge >= 0.3 is 23.5 Å². The summed E-state index contributed by atoms with van der Waals surface area (Å²) >= 11 is 0. The molecule has 1 saturated carbocycles. The molecule has 0 amide bonds. The average Bonchev–Trinajstić information content (AvgIpc) is 2.72. The minimum Gasteiger partial charge on any atom is -0.379 e. The normalized spacial score (nSPS) is 32.8. The van der Waals surface area contributed by atoms with Crippen molar-refractivity contribution in [3.63, 3.8) is 0 Å². The standard InChI is InChI=1S/C10H21O12P3/c1-18-9-5-8(7-3-2-4-7)20-10(9)6-19-24(14,15)22-25(16,17)21-23(11,12)13/h7-10H,2-6H2,1H3,(H,14,15)(H,16,17)(H2,11,12,13)/t8-,9?,10-/m1/s1. The Labute approximate surface area is 143 Å². The van der Waals surface area contributed by atoms with Crippen molar-refractivity contribution in [3.8, 4) is 0 Å². The molecule has 0 spiro atoms. The Kier molecular flexibility index (Phi) is 7.04. The molecular formula is C10H21O12P3. The number of rotatable bonds is 9. The summed E-state index contributed by atoms with van der Waals surface area (Å²) in [6.45, 7) is -0.481. The van der Waals surface area contributed by atoms with Gasteiger partial charge in [-0.05, 0) is 18.8 Å². The lowest BCUT2D eigenvalue weighted by molar-refractivity contribution is -0.0552. The van der Waals surface area contributed by atoms with Crippen LogP contribution in [-0.4, -0.2) is 51.6 Å². The van der Waals surface area contributed by atoms with Crippen molar-refractivity contribution in [1.82, 2.24) is 0 Å². The fourth-order valence-corrected chi connectivity index (χ4v) is 5.76. The monoisotopic (exact) mass is 426 g/mol. The molecule has 25 heavy (non-hydrogen) atoms. The lowest BCUT2D eigenvalue weighted by atomic mass is 9.80. The van der Waals surface area contributed by atoms with Crippen LogP contribution in [0.2, 0.25) is 0 Å². The second-order valence-corrected chi connectivity index (χ2v) is 10.2. The molecule has 148 valence electrons. The zero-order chi connectivity index (χ0) is 18.9. The van der Waals surface area contributed by atoms with Crippen LogP contribution < -0.4 is 0 Å². The third-order valence-electron chi connectivity index (χ3n) is 4.03. The number of hydrogen-bond acceptors (Lipinski definition) is 8. The van der Waals surface area contributed by atoms with E-state index in [-0.39, 0.29) is 6.10 Å². The van der Waals surface area contributed by atoms with Gasteiger partial charge < -0.3 is 29.0 Å². The van der Waals surface area contributed by atoms with E-state index in [4.69, 9.17) is 24.2 Å². The van der Waals surface area contributed by atoms with Gasteiger partial charge in [0.1, 0.15) is 6.10 Å². The molecule has 2 aliphatic rings. The smallest absolute Gasteiger partial charge is 0.379 e. The van der Waals surface area contributed by atoms with Crippen molar-refractivity contribution < 1.29 is 55.9 Å². The van der Waals surface area contributed by atoms with Crippen molar-refractivity contribution in [3.05, 3.63) is 0 Å². The quantitative estimate of drug-likeness (QED) is 0.389. The van der Waals surface area contributed by atoms with E-state index in [1.807, 2.05) is 0 Å². The maximum atomic E-state index is 11.7. The minimum absolute atomic E-state index is 0.0618. The van der Waals surface area contributed by atoms with Crippen molar-refractivity contribution in [1.29, 1.82) is 0 Å². The Balaban J connectivity index is 1.88. The van der Waals surface area contributed by atoms with Gasteiger partial charge in [0.15, 0.2) is 0 Å². The van der Waals surface area contributed by atoms with Gasteiger partial charge in [-0.25, -0.2) is 13.7 Å². The van der Waals surface area contributed by atoms with Gasteiger partial charge in [-0.2, -0.15) is 8.62 Å². The Morgan fingerprint density at radius 3 is 2.16 bits per heavy atom. The topological polar surface area (TPSA) is 178 Å². The highest BCUT2D eigenvalue weighted by atomic mass is 31.3. The zero-order valence-corrected chi connectivity index (χ0v) is 15.9. The van der Waals surface area contributed by atoms with E-state index >= 15 is 0 Å². The molecule has 12 nitrogen and oxygen atoms in total. The molecule has 1 heterocycles. The Morgan fingerprint density at radius 1 is 1.04 bits per heavy atom. The van der Waals surface area contributed by atoms with Crippen LogP contribution >= 0.6 is 23.5 Å². The second kappa shape index (κ2) is 8.14. The molecule has 15 heteroatoms. The summed E-state index contributed by atoms with van der Waals surface area (Å²) < 4.78 is 56.4. The highest BCUT2D eigenvalue weighted by molar-refractivity contribution is 7.66. The molecule has 2 rings (SSSR count). The molecule has 0 aromatic rings. The molecule has 2 fully saturated rings. The molecule has 0 bridgehead atoms. The number of methoxy groups -OCH3 is 1. The van der Waals surface area contributed by atoms with Crippen LogP contribution in [0.5, 0.6) is 0 Å². The van der Waals surface area contributed by atoms with E-state index in [1.54, 1.807) is 0 Å². The molecule has 4 N–H and O–H groups in total. The molecule has 0 radical (unpaired) electrons. The van der Waals surface area contributed by atoms with E-state index in [2.05, 4.69) is 13.1 Å². The summed E-state index contributed by atoms with van der Waals surface area (Å²) in [6, 6.07) is 0. The van der Waals surface area contributed by atoms with E-state index in [9.17, 15) is 18.6 Å². The number of hydrogen-bond donors (Lipinski definition) is 4. The van der Waals surface area contributed by atoms with Gasteiger partial charge in [0.25, 0.3) is 0 Å². The maximum absolute atomic E-state index is 11.7. The largest absolute Gasteiger partial charge is 0.490 e. The van der Waals surface area contributed by atoms with Crippen LogP contribution in [0.15, 0.2) is 0 Å². The van der Waals surface area contributed by atoms with Crippen molar-refractivity contribution in [2.45, 2.75) is 44.0 Å². The Hall–Kier alpha value is 0.330. The van der Waals surface area contributed by atoms with Gasteiger partial charge in [0.2, 0.25) is 0 Å². The summed E-state index contributed by atoms with van der Waals surface area (Å²) in [5, 5.41) is 0. The first-order chi connectivity index (χ1) is 11.4. The molecular weight excluding hydrogens is 405 g/mol. The molecule has 1 saturated heterocycles. The fraction of sp³-hybridized carbons (Fsp3) is 1.00. The van der Waals surface area contributed by atoms with E-state index < -0.39 is 42.3 Å². The number of ether oxygens (including phenoxy) is 2. The highest BCUT2D eigenvalue weighted by Crippen LogP contribution is 2.66. The first-order valence-electron chi connectivity index (χ1n) is 7.37. The summed E-state index contributed by atoms with van der Waals surface area (Å²) in [6.07, 6.45) is 2.62. The van der Waals surface area contributed by atoms with Crippen molar-refractivity contribution in [2.75, 3.05) is 13.7 Å². The molecule has 5 atom stereocenters. The van der Waals surface area contributed by atoms with Crippen LogP contribution in [0.4, 0.5) is 0 Å². The van der Waals surface area contributed by atoms with E-state index in [0.29, 0.717) is 12.3 Å². The molecule has 1 aliphatic heterocycles. The SMILES string of the molecule is COC1C[C@H](C2CCC2)O[C@@H]1COP(=O)(O)OP(=O)(O)OP(=O)(O)O.